The lowest BCUT2D eigenvalue weighted by Gasteiger charge is -2.49. The molecule has 0 saturated carbocycles. The number of thiol groups is 1. The van der Waals surface area contributed by atoms with Crippen molar-refractivity contribution in [1.29, 1.82) is 0 Å². The lowest BCUT2D eigenvalue weighted by molar-refractivity contribution is -0.146. The smallest absolute Gasteiger partial charge is 0.276 e. The summed E-state index contributed by atoms with van der Waals surface area (Å²) in [6.45, 7) is 0. The number of hydrogen-bond acceptors (Lipinski definition) is 13. The van der Waals surface area contributed by atoms with Crippen LogP contribution in [0.25, 0.3) is 0 Å². The van der Waals surface area contributed by atoms with Crippen LogP contribution >= 0.6 is 59.0 Å². The Morgan fingerprint density at radius 3 is 2.90 bits per heavy atom. The van der Waals surface area contributed by atoms with Crippen LogP contribution in [0.15, 0.2) is 32.2 Å². The third kappa shape index (κ3) is 4.30. The van der Waals surface area contributed by atoms with Gasteiger partial charge >= 0.3 is 0 Å². The van der Waals surface area contributed by atoms with Crippen molar-refractivity contribution in [3.05, 3.63) is 28.5 Å². The van der Waals surface area contributed by atoms with E-state index in [0.29, 0.717) is 11.5 Å². The predicted octanol–water partition coefficient (Wildman–Crippen LogP) is 0.658. The molecule has 0 aliphatic carbocycles. The first-order chi connectivity index (χ1) is 14.9. The highest BCUT2D eigenvalue weighted by atomic mass is 32.2. The number of rotatable bonds is 7. The molecule has 162 valence electrons. The fraction of sp³-hybridized carbons (Fsp3) is 0.267. The molecule has 1 saturated heterocycles. The van der Waals surface area contributed by atoms with Gasteiger partial charge in [0.1, 0.15) is 27.0 Å². The summed E-state index contributed by atoms with van der Waals surface area (Å²) in [6, 6.07) is -0.882. The number of nitrogen functional groups attached to an aromatic ring is 1. The van der Waals surface area contributed by atoms with Crippen molar-refractivity contribution in [2.75, 3.05) is 17.2 Å². The van der Waals surface area contributed by atoms with E-state index in [1.807, 2.05) is 0 Å². The SMILES string of the molecule is Nc1nc(/C(=N/O)C(=O)N[C@@H]2C(=O)N3C(C(=O)S)=C(CSc4cnns4)CS[C@H]23)cs1. The molecule has 0 unspecified atom stereocenters. The number of nitrogens with two attached hydrogens (primary N) is 1. The molecule has 4 rings (SSSR count). The van der Waals surface area contributed by atoms with E-state index < -0.39 is 28.3 Å². The second-order valence-corrected chi connectivity index (χ2v) is 10.6. The summed E-state index contributed by atoms with van der Waals surface area (Å²) in [5.41, 5.74) is 6.31. The Morgan fingerprint density at radius 2 is 2.29 bits per heavy atom. The average molecular weight is 516 g/mol. The van der Waals surface area contributed by atoms with Gasteiger partial charge < -0.3 is 16.3 Å². The van der Waals surface area contributed by atoms with Crippen molar-refractivity contribution in [2.45, 2.75) is 15.6 Å². The number of aromatic nitrogens is 3. The highest BCUT2D eigenvalue weighted by molar-refractivity contribution is 8.02. The van der Waals surface area contributed by atoms with E-state index in [1.165, 1.54) is 45.3 Å². The van der Waals surface area contributed by atoms with E-state index in [4.69, 9.17) is 5.73 Å². The maximum Gasteiger partial charge on any atom is 0.276 e. The molecule has 2 aliphatic heterocycles. The molecule has 31 heavy (non-hydrogen) atoms. The van der Waals surface area contributed by atoms with Crippen molar-refractivity contribution < 1.29 is 19.6 Å². The van der Waals surface area contributed by atoms with Crippen molar-refractivity contribution >= 4 is 86.8 Å². The number of carbonyl (C=O) groups excluding carboxylic acids is 3. The van der Waals surface area contributed by atoms with E-state index in [9.17, 15) is 19.6 Å². The van der Waals surface area contributed by atoms with E-state index >= 15 is 0 Å². The minimum atomic E-state index is -0.882. The van der Waals surface area contributed by atoms with Crippen LogP contribution in [0, 0.1) is 0 Å². The van der Waals surface area contributed by atoms with Gasteiger partial charge in [0, 0.05) is 16.9 Å². The summed E-state index contributed by atoms with van der Waals surface area (Å²) >= 11 is 9.17. The largest absolute Gasteiger partial charge is 0.410 e. The van der Waals surface area contributed by atoms with Crippen LogP contribution in [0.2, 0.25) is 0 Å². The quantitative estimate of drug-likeness (QED) is 0.103. The minimum Gasteiger partial charge on any atom is -0.410 e. The van der Waals surface area contributed by atoms with Crippen LogP contribution in [0.3, 0.4) is 0 Å². The van der Waals surface area contributed by atoms with Crippen LogP contribution in [0.1, 0.15) is 5.69 Å². The number of thioether (sulfide) groups is 2. The summed E-state index contributed by atoms with van der Waals surface area (Å²) in [7, 11) is 0. The monoisotopic (exact) mass is 515 g/mol. The van der Waals surface area contributed by atoms with Crippen molar-refractivity contribution in [3.8, 4) is 0 Å². The zero-order valence-electron chi connectivity index (χ0n) is 15.3. The highest BCUT2D eigenvalue weighted by Crippen LogP contribution is 2.42. The molecule has 2 amide bonds. The first-order valence-corrected chi connectivity index (χ1v) is 12.6. The Morgan fingerprint density at radius 1 is 1.48 bits per heavy atom. The highest BCUT2D eigenvalue weighted by Gasteiger charge is 2.53. The molecule has 2 aromatic rings. The lowest BCUT2D eigenvalue weighted by atomic mass is 10.0. The van der Waals surface area contributed by atoms with Gasteiger partial charge in [-0.25, -0.2) is 4.98 Å². The van der Waals surface area contributed by atoms with E-state index in [1.54, 1.807) is 6.20 Å². The second kappa shape index (κ2) is 9.15. The maximum atomic E-state index is 12.8. The van der Waals surface area contributed by atoms with Crippen molar-refractivity contribution in [1.82, 2.24) is 24.8 Å². The van der Waals surface area contributed by atoms with Crippen LogP contribution < -0.4 is 11.1 Å². The molecule has 16 heteroatoms. The number of thiazole rings is 1. The molecule has 4 heterocycles. The van der Waals surface area contributed by atoms with Gasteiger partial charge in [-0.15, -0.1) is 40.0 Å². The van der Waals surface area contributed by atoms with Crippen LogP contribution in [-0.2, 0) is 14.4 Å². The number of anilines is 1. The summed E-state index contributed by atoms with van der Waals surface area (Å²) in [4.78, 5) is 42.8. The first-order valence-electron chi connectivity index (χ1n) is 8.45. The maximum absolute atomic E-state index is 12.8. The van der Waals surface area contributed by atoms with Crippen LogP contribution in [0.5, 0.6) is 0 Å². The normalized spacial score (nSPS) is 21.0. The van der Waals surface area contributed by atoms with Gasteiger partial charge in [0.2, 0.25) is 5.12 Å². The zero-order valence-corrected chi connectivity index (χ0v) is 19.4. The Labute approximate surface area is 197 Å². The number of β-lactam (4-membered cyclic amide) rings is 1. The predicted molar refractivity (Wildman–Crippen MR) is 122 cm³/mol. The molecular weight excluding hydrogens is 503 g/mol. The second-order valence-electron chi connectivity index (χ2n) is 6.16. The summed E-state index contributed by atoms with van der Waals surface area (Å²) in [5, 5.41) is 19.2. The molecule has 0 aromatic carbocycles. The number of nitrogens with zero attached hydrogens (tertiary/aromatic N) is 5. The minimum absolute atomic E-state index is 0.102. The standard InChI is InChI=1S/C15H13N7O4S5/c16-15-18-6(4-30-15)8(20-26)11(23)19-9-12(24)22-10(14(25)27)5(3-29-13(9)22)2-28-7-1-17-21-31-7/h1,4,9,13,26H,2-3H2,(H2,16,18)(H,19,23)(H,25,27)/b20-8-/t9-,13-/m1/s1. The molecule has 4 N–H and O–H groups in total. The summed E-state index contributed by atoms with van der Waals surface area (Å²) < 4.78 is 4.69. The van der Waals surface area contributed by atoms with Gasteiger partial charge in [0.25, 0.3) is 11.8 Å². The molecule has 2 aromatic heterocycles. The van der Waals surface area contributed by atoms with Gasteiger partial charge in [-0.2, -0.15) is 0 Å². The van der Waals surface area contributed by atoms with E-state index in [2.05, 4.69) is 37.7 Å². The van der Waals surface area contributed by atoms with Gasteiger partial charge in [-0.05, 0) is 17.1 Å². The molecule has 0 bridgehead atoms. The molecule has 2 atom stereocenters. The fourth-order valence-electron chi connectivity index (χ4n) is 2.99. The molecule has 2 aliphatic rings. The van der Waals surface area contributed by atoms with Crippen molar-refractivity contribution in [2.24, 2.45) is 5.16 Å². The number of oxime groups is 1. The number of amides is 2. The van der Waals surface area contributed by atoms with Crippen LogP contribution in [-0.4, -0.2) is 70.2 Å². The number of nitrogens with one attached hydrogen (secondary N) is 1. The molecular formula is C15H13N7O4S5. The Balaban J connectivity index is 1.48. The van der Waals surface area contributed by atoms with Crippen LogP contribution in [0.4, 0.5) is 5.13 Å². The van der Waals surface area contributed by atoms with E-state index in [0.717, 1.165) is 21.1 Å². The summed E-state index contributed by atoms with van der Waals surface area (Å²) in [6.07, 6.45) is 1.63. The Hall–Kier alpha value is -2.14. The summed E-state index contributed by atoms with van der Waals surface area (Å²) in [5.74, 6) is -0.239. The first kappa shape index (κ1) is 22.1. The molecule has 0 radical (unpaired) electrons. The Bertz CT molecular complexity index is 1100. The van der Waals surface area contributed by atoms with Gasteiger partial charge in [0.15, 0.2) is 10.8 Å². The molecule has 11 nitrogen and oxygen atoms in total. The fourth-order valence-corrected chi connectivity index (χ4v) is 6.72. The van der Waals surface area contributed by atoms with E-state index in [-0.39, 0.29) is 22.2 Å². The van der Waals surface area contributed by atoms with Crippen molar-refractivity contribution in [3.63, 3.8) is 0 Å². The molecule has 0 spiro atoms. The number of fused-ring (bicyclic) bond motifs is 1. The third-order valence-electron chi connectivity index (χ3n) is 4.35. The number of carbonyl (C=O) groups is 3. The van der Waals surface area contributed by atoms with Gasteiger partial charge in [-0.1, -0.05) is 22.3 Å². The average Bonchev–Trinajstić information content (AvgIpc) is 3.42. The van der Waals surface area contributed by atoms with Gasteiger partial charge in [-0.3, -0.25) is 19.3 Å². The Kier molecular flexibility index (Phi) is 6.52. The molecule has 1 fully saturated rings. The lowest BCUT2D eigenvalue weighted by Crippen LogP contribution is -2.71. The topological polar surface area (TPSA) is 164 Å². The van der Waals surface area contributed by atoms with Gasteiger partial charge in [0.05, 0.1) is 6.20 Å². The zero-order chi connectivity index (χ0) is 22.1. The number of hydrogen-bond donors (Lipinski definition) is 4. The third-order valence-corrected chi connectivity index (χ3v) is 8.49.